The van der Waals surface area contributed by atoms with Crippen molar-refractivity contribution in [3.63, 3.8) is 0 Å². The summed E-state index contributed by atoms with van der Waals surface area (Å²) in [6.07, 6.45) is 0.848. The highest BCUT2D eigenvalue weighted by molar-refractivity contribution is 9.09. The van der Waals surface area contributed by atoms with Gasteiger partial charge in [0.2, 0.25) is 0 Å². The normalized spacial score (nSPS) is 13.6. The molecule has 0 aliphatic heterocycles. The fourth-order valence-corrected chi connectivity index (χ4v) is 2.31. The Morgan fingerprint density at radius 1 is 1.19 bits per heavy atom. The van der Waals surface area contributed by atoms with E-state index >= 15 is 0 Å². The SMILES string of the molecule is COc1ccc(CC(Br)OC(C)(C)C)cc1. The van der Waals surface area contributed by atoms with Crippen LogP contribution in [0.25, 0.3) is 0 Å². The summed E-state index contributed by atoms with van der Waals surface area (Å²) in [5.74, 6) is 0.881. The van der Waals surface area contributed by atoms with Crippen molar-refractivity contribution in [2.45, 2.75) is 37.8 Å². The summed E-state index contributed by atoms with van der Waals surface area (Å²) in [4.78, 5) is 0. The number of alkyl halides is 1. The quantitative estimate of drug-likeness (QED) is 0.785. The van der Waals surface area contributed by atoms with E-state index in [0.717, 1.165) is 12.2 Å². The van der Waals surface area contributed by atoms with Crippen molar-refractivity contribution >= 4 is 15.9 Å². The van der Waals surface area contributed by atoms with E-state index in [0.29, 0.717) is 0 Å². The zero-order chi connectivity index (χ0) is 12.2. The first kappa shape index (κ1) is 13.5. The van der Waals surface area contributed by atoms with Crippen LogP contribution in [0, 0.1) is 0 Å². The minimum Gasteiger partial charge on any atom is -0.497 e. The van der Waals surface area contributed by atoms with E-state index in [-0.39, 0.29) is 10.6 Å². The smallest absolute Gasteiger partial charge is 0.118 e. The summed E-state index contributed by atoms with van der Waals surface area (Å²) >= 11 is 3.53. The molecule has 0 aliphatic rings. The first-order chi connectivity index (χ1) is 7.40. The summed E-state index contributed by atoms with van der Waals surface area (Å²) in [6.45, 7) is 6.15. The molecule has 1 atom stereocenters. The lowest BCUT2D eigenvalue weighted by Gasteiger charge is -2.23. The van der Waals surface area contributed by atoms with Gasteiger partial charge in [0.05, 0.1) is 12.7 Å². The van der Waals surface area contributed by atoms with Gasteiger partial charge in [0.25, 0.3) is 0 Å². The maximum absolute atomic E-state index is 5.78. The predicted molar refractivity (Wildman–Crippen MR) is 70.3 cm³/mol. The van der Waals surface area contributed by atoms with Crippen LogP contribution in [0.2, 0.25) is 0 Å². The molecule has 0 bridgehead atoms. The average molecular weight is 287 g/mol. The second-order valence-electron chi connectivity index (χ2n) is 4.69. The molecule has 0 aromatic heterocycles. The number of ether oxygens (including phenoxy) is 2. The van der Waals surface area contributed by atoms with Gasteiger partial charge in [0, 0.05) is 6.42 Å². The molecule has 3 heteroatoms. The van der Waals surface area contributed by atoms with Crippen LogP contribution >= 0.6 is 15.9 Å². The molecular formula is C13H19BrO2. The average Bonchev–Trinajstić information content (AvgIpc) is 2.16. The van der Waals surface area contributed by atoms with Crippen LogP contribution in [0.3, 0.4) is 0 Å². The van der Waals surface area contributed by atoms with E-state index in [4.69, 9.17) is 9.47 Å². The Balaban J connectivity index is 2.53. The van der Waals surface area contributed by atoms with Crippen molar-refractivity contribution in [1.82, 2.24) is 0 Å². The molecule has 0 saturated carbocycles. The lowest BCUT2D eigenvalue weighted by Crippen LogP contribution is -2.25. The van der Waals surface area contributed by atoms with Gasteiger partial charge in [-0.05, 0) is 38.5 Å². The molecule has 0 amide bonds. The molecule has 0 fully saturated rings. The van der Waals surface area contributed by atoms with Gasteiger partial charge < -0.3 is 9.47 Å². The summed E-state index contributed by atoms with van der Waals surface area (Å²) in [5.41, 5.74) is 1.10. The molecular weight excluding hydrogens is 268 g/mol. The first-order valence-corrected chi connectivity index (χ1v) is 6.27. The Kier molecular flexibility index (Phi) is 4.81. The number of halogens is 1. The highest BCUT2D eigenvalue weighted by atomic mass is 79.9. The molecule has 90 valence electrons. The van der Waals surface area contributed by atoms with Gasteiger partial charge in [0.1, 0.15) is 10.8 Å². The molecule has 0 aliphatic carbocycles. The van der Waals surface area contributed by atoms with Crippen LogP contribution in [-0.2, 0) is 11.2 Å². The lowest BCUT2D eigenvalue weighted by molar-refractivity contribution is -0.0153. The Bertz CT molecular complexity index is 314. The predicted octanol–water partition coefficient (Wildman–Crippen LogP) is 3.77. The Labute approximate surface area is 106 Å². The second-order valence-corrected chi connectivity index (χ2v) is 5.71. The summed E-state index contributed by atoms with van der Waals surface area (Å²) in [5, 5.41) is 0.0425. The van der Waals surface area contributed by atoms with E-state index in [1.807, 2.05) is 12.1 Å². The molecule has 0 heterocycles. The molecule has 1 aromatic carbocycles. The van der Waals surface area contributed by atoms with Gasteiger partial charge in [-0.2, -0.15) is 0 Å². The minimum absolute atomic E-state index is 0.0425. The third-order valence-corrected chi connectivity index (χ3v) is 2.55. The molecule has 16 heavy (non-hydrogen) atoms. The zero-order valence-electron chi connectivity index (χ0n) is 10.3. The number of methoxy groups -OCH3 is 1. The Hall–Kier alpha value is -0.540. The monoisotopic (exact) mass is 286 g/mol. The molecule has 1 unspecified atom stereocenters. The Morgan fingerprint density at radius 3 is 2.19 bits per heavy atom. The standard InChI is InChI=1S/C13H19BrO2/c1-13(2,3)16-12(14)9-10-5-7-11(15-4)8-6-10/h5-8,12H,9H2,1-4H3. The van der Waals surface area contributed by atoms with Crippen molar-refractivity contribution in [2.75, 3.05) is 7.11 Å². The summed E-state index contributed by atoms with van der Waals surface area (Å²) < 4.78 is 10.9. The van der Waals surface area contributed by atoms with Gasteiger partial charge in [-0.1, -0.05) is 28.1 Å². The van der Waals surface area contributed by atoms with Crippen molar-refractivity contribution in [2.24, 2.45) is 0 Å². The van der Waals surface area contributed by atoms with E-state index in [1.165, 1.54) is 5.56 Å². The maximum atomic E-state index is 5.78. The second kappa shape index (κ2) is 5.69. The van der Waals surface area contributed by atoms with E-state index < -0.39 is 0 Å². The first-order valence-electron chi connectivity index (χ1n) is 5.35. The van der Waals surface area contributed by atoms with Crippen molar-refractivity contribution < 1.29 is 9.47 Å². The minimum atomic E-state index is -0.124. The molecule has 0 radical (unpaired) electrons. The van der Waals surface area contributed by atoms with Crippen LogP contribution in [-0.4, -0.2) is 17.7 Å². The maximum Gasteiger partial charge on any atom is 0.118 e. The fourth-order valence-electron chi connectivity index (χ4n) is 1.37. The van der Waals surface area contributed by atoms with Gasteiger partial charge >= 0.3 is 0 Å². The van der Waals surface area contributed by atoms with Gasteiger partial charge in [-0.15, -0.1) is 0 Å². The molecule has 1 rings (SSSR count). The number of benzene rings is 1. The molecule has 0 N–H and O–H groups in total. The highest BCUT2D eigenvalue weighted by Crippen LogP contribution is 2.20. The zero-order valence-corrected chi connectivity index (χ0v) is 11.9. The molecule has 1 aromatic rings. The highest BCUT2D eigenvalue weighted by Gasteiger charge is 2.16. The molecule has 2 nitrogen and oxygen atoms in total. The van der Waals surface area contributed by atoms with Gasteiger partial charge in [0.15, 0.2) is 0 Å². The summed E-state index contributed by atoms with van der Waals surface area (Å²) in [6, 6.07) is 8.04. The van der Waals surface area contributed by atoms with Crippen molar-refractivity contribution in [3.8, 4) is 5.75 Å². The van der Waals surface area contributed by atoms with Crippen LogP contribution < -0.4 is 4.74 Å². The third-order valence-electron chi connectivity index (χ3n) is 2.04. The van der Waals surface area contributed by atoms with Crippen LogP contribution in [0.1, 0.15) is 26.3 Å². The van der Waals surface area contributed by atoms with E-state index in [2.05, 4.69) is 48.8 Å². The van der Waals surface area contributed by atoms with Crippen molar-refractivity contribution in [1.29, 1.82) is 0 Å². The van der Waals surface area contributed by atoms with Crippen LogP contribution in [0.15, 0.2) is 24.3 Å². The fraction of sp³-hybridized carbons (Fsp3) is 0.538. The molecule has 0 spiro atoms. The topological polar surface area (TPSA) is 18.5 Å². The third kappa shape index (κ3) is 4.99. The number of rotatable bonds is 4. The van der Waals surface area contributed by atoms with E-state index in [1.54, 1.807) is 7.11 Å². The number of hydrogen-bond donors (Lipinski definition) is 0. The largest absolute Gasteiger partial charge is 0.497 e. The van der Waals surface area contributed by atoms with Crippen LogP contribution in [0.4, 0.5) is 0 Å². The van der Waals surface area contributed by atoms with Gasteiger partial charge in [-0.3, -0.25) is 0 Å². The van der Waals surface area contributed by atoms with Gasteiger partial charge in [-0.25, -0.2) is 0 Å². The van der Waals surface area contributed by atoms with Crippen molar-refractivity contribution in [3.05, 3.63) is 29.8 Å². The van der Waals surface area contributed by atoms with E-state index in [9.17, 15) is 0 Å². The molecule has 0 saturated heterocycles. The van der Waals surface area contributed by atoms with Crippen LogP contribution in [0.5, 0.6) is 5.75 Å². The summed E-state index contributed by atoms with van der Waals surface area (Å²) in [7, 11) is 1.67. The Morgan fingerprint density at radius 2 is 1.75 bits per heavy atom. The lowest BCUT2D eigenvalue weighted by atomic mass is 10.1. The number of hydrogen-bond acceptors (Lipinski definition) is 2.